The van der Waals surface area contributed by atoms with Gasteiger partial charge in [-0.3, -0.25) is 4.90 Å². The van der Waals surface area contributed by atoms with Gasteiger partial charge in [0.1, 0.15) is 0 Å². The normalized spacial score (nSPS) is 17.3. The summed E-state index contributed by atoms with van der Waals surface area (Å²) in [7, 11) is 0. The third kappa shape index (κ3) is 4.07. The van der Waals surface area contributed by atoms with Gasteiger partial charge < -0.3 is 14.4 Å². The smallest absolute Gasteiger partial charge is 0.231 e. The standard InChI is InChI=1S/C23H28N6O2/c1-17(2)22(28-12-10-27(11-13-28)19-6-4-3-5-7-19)23-24-25-26-29(23)15-18-8-9-20-21(14-18)31-16-30-20/h3-9,14,17,22H,10-13,15-16H2,1-2H3/t22-/m0/s1. The molecule has 0 amide bonds. The molecule has 0 spiro atoms. The molecule has 0 N–H and O–H groups in total. The second-order valence-corrected chi connectivity index (χ2v) is 8.43. The summed E-state index contributed by atoms with van der Waals surface area (Å²) in [6, 6.07) is 16.8. The summed E-state index contributed by atoms with van der Waals surface area (Å²) in [6.07, 6.45) is 0. The number of fused-ring (bicyclic) bond motifs is 1. The quantitative estimate of drug-likeness (QED) is 0.607. The van der Waals surface area contributed by atoms with E-state index in [-0.39, 0.29) is 12.8 Å². The Morgan fingerprint density at radius 3 is 2.48 bits per heavy atom. The molecule has 2 aliphatic heterocycles. The highest BCUT2D eigenvalue weighted by atomic mass is 16.7. The van der Waals surface area contributed by atoms with Crippen molar-refractivity contribution in [1.29, 1.82) is 0 Å². The summed E-state index contributed by atoms with van der Waals surface area (Å²) in [5, 5.41) is 12.8. The Hall–Kier alpha value is -3.13. The largest absolute Gasteiger partial charge is 0.454 e. The zero-order valence-electron chi connectivity index (χ0n) is 18.0. The number of para-hydroxylation sites is 1. The van der Waals surface area contributed by atoms with Crippen LogP contribution in [0, 0.1) is 5.92 Å². The van der Waals surface area contributed by atoms with Crippen molar-refractivity contribution >= 4 is 5.69 Å². The molecule has 1 fully saturated rings. The molecule has 0 aliphatic carbocycles. The zero-order valence-corrected chi connectivity index (χ0v) is 18.0. The molecule has 5 rings (SSSR count). The molecule has 2 aromatic carbocycles. The van der Waals surface area contributed by atoms with E-state index in [1.165, 1.54) is 5.69 Å². The molecule has 0 saturated carbocycles. The monoisotopic (exact) mass is 420 g/mol. The summed E-state index contributed by atoms with van der Waals surface area (Å²) in [4.78, 5) is 4.97. The first kappa shape index (κ1) is 19.8. The Labute approximate surface area is 182 Å². The van der Waals surface area contributed by atoms with Crippen molar-refractivity contribution in [3.8, 4) is 11.5 Å². The fraction of sp³-hybridized carbons (Fsp3) is 0.435. The third-order valence-electron chi connectivity index (χ3n) is 6.05. The molecular weight excluding hydrogens is 392 g/mol. The van der Waals surface area contributed by atoms with Gasteiger partial charge in [-0.15, -0.1) is 5.10 Å². The van der Waals surface area contributed by atoms with Gasteiger partial charge in [-0.2, -0.15) is 0 Å². The lowest BCUT2D eigenvalue weighted by Crippen LogP contribution is -2.49. The van der Waals surface area contributed by atoms with Crippen LogP contribution in [0.5, 0.6) is 11.5 Å². The Morgan fingerprint density at radius 2 is 1.71 bits per heavy atom. The van der Waals surface area contributed by atoms with Crippen molar-refractivity contribution in [2.75, 3.05) is 37.9 Å². The van der Waals surface area contributed by atoms with E-state index in [1.807, 2.05) is 22.9 Å². The van der Waals surface area contributed by atoms with Gasteiger partial charge in [0.2, 0.25) is 6.79 Å². The van der Waals surface area contributed by atoms with E-state index in [1.54, 1.807) is 0 Å². The number of aromatic nitrogens is 4. The van der Waals surface area contributed by atoms with Crippen LogP contribution in [0.25, 0.3) is 0 Å². The summed E-state index contributed by atoms with van der Waals surface area (Å²) >= 11 is 0. The number of nitrogens with zero attached hydrogens (tertiary/aromatic N) is 6. The summed E-state index contributed by atoms with van der Waals surface area (Å²) in [5.41, 5.74) is 2.38. The minimum Gasteiger partial charge on any atom is -0.454 e. The predicted molar refractivity (Wildman–Crippen MR) is 117 cm³/mol. The van der Waals surface area contributed by atoms with Gasteiger partial charge in [-0.1, -0.05) is 38.1 Å². The van der Waals surface area contributed by atoms with Crippen molar-refractivity contribution in [2.45, 2.75) is 26.4 Å². The minimum atomic E-state index is 0.168. The molecule has 3 aromatic rings. The lowest BCUT2D eigenvalue weighted by Gasteiger charge is -2.41. The predicted octanol–water partition coefficient (Wildman–Crippen LogP) is 2.97. The van der Waals surface area contributed by atoms with Gasteiger partial charge in [0.15, 0.2) is 17.3 Å². The fourth-order valence-corrected chi connectivity index (χ4v) is 4.53. The average Bonchev–Trinajstić information content (AvgIpc) is 3.44. The van der Waals surface area contributed by atoms with Crippen LogP contribution in [0.2, 0.25) is 0 Å². The average molecular weight is 421 g/mol. The molecular formula is C23H28N6O2. The third-order valence-corrected chi connectivity index (χ3v) is 6.05. The molecule has 0 unspecified atom stereocenters. The van der Waals surface area contributed by atoms with E-state index < -0.39 is 0 Å². The van der Waals surface area contributed by atoms with E-state index in [0.717, 1.165) is 49.1 Å². The van der Waals surface area contributed by atoms with Gasteiger partial charge in [-0.25, -0.2) is 4.68 Å². The molecule has 8 heteroatoms. The number of anilines is 1. The van der Waals surface area contributed by atoms with E-state index in [9.17, 15) is 0 Å². The Morgan fingerprint density at radius 1 is 0.935 bits per heavy atom. The molecule has 162 valence electrons. The van der Waals surface area contributed by atoms with E-state index in [0.29, 0.717) is 12.5 Å². The van der Waals surface area contributed by atoms with Crippen LogP contribution in [0.3, 0.4) is 0 Å². The highest BCUT2D eigenvalue weighted by molar-refractivity contribution is 5.46. The maximum absolute atomic E-state index is 5.52. The van der Waals surface area contributed by atoms with Crippen LogP contribution in [-0.2, 0) is 6.54 Å². The Balaban J connectivity index is 1.32. The Bertz CT molecular complexity index is 1010. The lowest BCUT2D eigenvalue weighted by molar-refractivity contribution is 0.135. The first-order valence-electron chi connectivity index (χ1n) is 10.9. The van der Waals surface area contributed by atoms with Gasteiger partial charge in [0, 0.05) is 31.9 Å². The molecule has 1 aromatic heterocycles. The second kappa shape index (κ2) is 8.55. The van der Waals surface area contributed by atoms with Crippen molar-refractivity contribution in [3.05, 3.63) is 59.9 Å². The number of benzene rings is 2. The first-order chi connectivity index (χ1) is 15.2. The molecule has 8 nitrogen and oxygen atoms in total. The van der Waals surface area contributed by atoms with Crippen LogP contribution in [0.4, 0.5) is 5.69 Å². The van der Waals surface area contributed by atoms with E-state index in [4.69, 9.17) is 9.47 Å². The lowest BCUT2D eigenvalue weighted by atomic mass is 10.0. The van der Waals surface area contributed by atoms with Crippen molar-refractivity contribution in [3.63, 3.8) is 0 Å². The molecule has 0 radical (unpaired) electrons. The van der Waals surface area contributed by atoms with Crippen LogP contribution in [-0.4, -0.2) is 58.1 Å². The van der Waals surface area contributed by atoms with E-state index in [2.05, 4.69) is 69.5 Å². The molecule has 1 atom stereocenters. The van der Waals surface area contributed by atoms with Gasteiger partial charge in [0.05, 0.1) is 12.6 Å². The van der Waals surface area contributed by atoms with E-state index >= 15 is 0 Å². The number of hydrogen-bond donors (Lipinski definition) is 0. The van der Waals surface area contributed by atoms with Gasteiger partial charge in [-0.05, 0) is 46.2 Å². The molecule has 2 aliphatic rings. The maximum Gasteiger partial charge on any atom is 0.231 e. The van der Waals surface area contributed by atoms with Crippen LogP contribution in [0.1, 0.15) is 31.3 Å². The summed E-state index contributed by atoms with van der Waals surface area (Å²) < 4.78 is 12.9. The van der Waals surface area contributed by atoms with Gasteiger partial charge in [0.25, 0.3) is 0 Å². The minimum absolute atomic E-state index is 0.168. The number of hydrogen-bond acceptors (Lipinski definition) is 7. The number of piperazine rings is 1. The number of rotatable bonds is 6. The van der Waals surface area contributed by atoms with Gasteiger partial charge >= 0.3 is 0 Å². The number of tetrazole rings is 1. The SMILES string of the molecule is CC(C)[C@@H](c1nnnn1Cc1ccc2c(c1)OCO2)N1CCN(c2ccccc2)CC1. The van der Waals surface area contributed by atoms with Crippen molar-refractivity contribution in [1.82, 2.24) is 25.1 Å². The highest BCUT2D eigenvalue weighted by Gasteiger charge is 2.31. The summed E-state index contributed by atoms with van der Waals surface area (Å²) in [6.45, 7) is 9.32. The maximum atomic E-state index is 5.52. The molecule has 1 saturated heterocycles. The van der Waals surface area contributed by atoms with Crippen molar-refractivity contribution in [2.24, 2.45) is 5.92 Å². The molecule has 3 heterocycles. The summed E-state index contributed by atoms with van der Waals surface area (Å²) in [5.74, 6) is 2.88. The molecule has 31 heavy (non-hydrogen) atoms. The topological polar surface area (TPSA) is 68.5 Å². The first-order valence-corrected chi connectivity index (χ1v) is 10.9. The van der Waals surface area contributed by atoms with Crippen LogP contribution in [0.15, 0.2) is 48.5 Å². The Kier molecular flexibility index (Phi) is 5.46. The van der Waals surface area contributed by atoms with Crippen LogP contribution >= 0.6 is 0 Å². The number of ether oxygens (including phenoxy) is 2. The fourth-order valence-electron chi connectivity index (χ4n) is 4.53. The van der Waals surface area contributed by atoms with Crippen LogP contribution < -0.4 is 14.4 Å². The molecule has 0 bridgehead atoms. The van der Waals surface area contributed by atoms with Crippen molar-refractivity contribution < 1.29 is 9.47 Å². The second-order valence-electron chi connectivity index (χ2n) is 8.43. The zero-order chi connectivity index (χ0) is 21.2. The highest BCUT2D eigenvalue weighted by Crippen LogP contribution is 2.33.